The zero-order valence-electron chi connectivity index (χ0n) is 16.8. The number of carbonyl (C=O) groups is 1. The summed E-state index contributed by atoms with van der Waals surface area (Å²) in [4.78, 5) is 11.6. The van der Waals surface area contributed by atoms with E-state index in [1.54, 1.807) is 0 Å². The Hall–Kier alpha value is -0.610. The van der Waals surface area contributed by atoms with Gasteiger partial charge in [-0.05, 0) is 6.42 Å². The van der Waals surface area contributed by atoms with Crippen molar-refractivity contribution >= 4 is 5.91 Å². The van der Waals surface area contributed by atoms with E-state index in [0.29, 0.717) is 19.5 Å². The lowest BCUT2D eigenvalue weighted by molar-refractivity contribution is -0.121. The van der Waals surface area contributed by atoms with Crippen LogP contribution in [0.2, 0.25) is 0 Å². The van der Waals surface area contributed by atoms with E-state index in [1.165, 1.54) is 83.5 Å². The highest BCUT2D eigenvalue weighted by Gasteiger charge is 2.00. The number of hydrogen-bond donors (Lipinski definition) is 3. The molecular weight excluding hydrogens is 312 g/mol. The van der Waals surface area contributed by atoms with Crippen molar-refractivity contribution < 1.29 is 9.90 Å². The smallest absolute Gasteiger partial charge is 0.220 e. The van der Waals surface area contributed by atoms with Gasteiger partial charge in [0.1, 0.15) is 0 Å². The van der Waals surface area contributed by atoms with Crippen molar-refractivity contribution in [1.29, 1.82) is 0 Å². The van der Waals surface area contributed by atoms with E-state index in [4.69, 9.17) is 5.11 Å². The van der Waals surface area contributed by atoms with Gasteiger partial charge in [-0.25, -0.2) is 0 Å². The van der Waals surface area contributed by atoms with Gasteiger partial charge >= 0.3 is 0 Å². The zero-order valence-corrected chi connectivity index (χ0v) is 16.8. The van der Waals surface area contributed by atoms with E-state index in [2.05, 4.69) is 17.6 Å². The number of nitrogens with one attached hydrogen (secondary N) is 2. The molecule has 0 saturated heterocycles. The van der Waals surface area contributed by atoms with Crippen LogP contribution in [0.1, 0.15) is 103 Å². The standard InChI is InChI=1S/C21H44N2O2/c1-2-3-4-5-6-7-8-9-10-11-12-13-14-15-16-21(25)23-18-17-22-19-20-24/h22,24H,2-20H2,1H3,(H,23,25). The lowest BCUT2D eigenvalue weighted by Crippen LogP contribution is -2.32. The van der Waals surface area contributed by atoms with Crippen LogP contribution >= 0.6 is 0 Å². The fourth-order valence-corrected chi connectivity index (χ4v) is 3.06. The van der Waals surface area contributed by atoms with Gasteiger partial charge in [0.15, 0.2) is 0 Å². The van der Waals surface area contributed by atoms with Crippen molar-refractivity contribution in [2.45, 2.75) is 103 Å². The molecule has 4 nitrogen and oxygen atoms in total. The molecule has 0 heterocycles. The topological polar surface area (TPSA) is 61.4 Å². The summed E-state index contributed by atoms with van der Waals surface area (Å²) in [6.07, 6.45) is 19.4. The molecular formula is C21H44N2O2. The van der Waals surface area contributed by atoms with Crippen LogP contribution in [0.5, 0.6) is 0 Å². The Kier molecular flexibility index (Phi) is 20.9. The van der Waals surface area contributed by atoms with Crippen LogP contribution in [-0.4, -0.2) is 37.3 Å². The van der Waals surface area contributed by atoms with Gasteiger partial charge in [-0.1, -0.05) is 90.4 Å². The fourth-order valence-electron chi connectivity index (χ4n) is 3.06. The third kappa shape index (κ3) is 21.3. The van der Waals surface area contributed by atoms with Gasteiger partial charge in [0.05, 0.1) is 6.61 Å². The molecule has 0 rings (SSSR count). The summed E-state index contributed by atoms with van der Waals surface area (Å²) in [5.74, 6) is 0.157. The van der Waals surface area contributed by atoms with Crippen molar-refractivity contribution in [3.8, 4) is 0 Å². The van der Waals surface area contributed by atoms with Crippen LogP contribution in [0.25, 0.3) is 0 Å². The number of aliphatic hydroxyl groups is 1. The van der Waals surface area contributed by atoms with Gasteiger partial charge in [0.25, 0.3) is 0 Å². The van der Waals surface area contributed by atoms with Gasteiger partial charge in [0, 0.05) is 26.1 Å². The first-order valence-electron chi connectivity index (χ1n) is 10.9. The van der Waals surface area contributed by atoms with E-state index in [1.807, 2.05) is 0 Å². The maximum Gasteiger partial charge on any atom is 0.220 e. The summed E-state index contributed by atoms with van der Waals surface area (Å²) in [5.41, 5.74) is 0. The lowest BCUT2D eigenvalue weighted by atomic mass is 10.0. The Morgan fingerprint density at radius 1 is 0.680 bits per heavy atom. The molecule has 0 unspecified atom stereocenters. The monoisotopic (exact) mass is 356 g/mol. The first kappa shape index (κ1) is 24.4. The zero-order chi connectivity index (χ0) is 18.4. The minimum absolute atomic E-state index is 0.146. The lowest BCUT2D eigenvalue weighted by Gasteiger charge is -2.06. The van der Waals surface area contributed by atoms with Gasteiger partial charge in [-0.3, -0.25) is 4.79 Å². The van der Waals surface area contributed by atoms with Gasteiger partial charge in [-0.15, -0.1) is 0 Å². The van der Waals surface area contributed by atoms with E-state index in [0.717, 1.165) is 13.0 Å². The Morgan fingerprint density at radius 3 is 1.64 bits per heavy atom. The molecule has 0 aliphatic carbocycles. The van der Waals surface area contributed by atoms with Gasteiger partial charge in [0.2, 0.25) is 5.91 Å². The summed E-state index contributed by atoms with van der Waals surface area (Å²) in [6, 6.07) is 0. The quantitative estimate of drug-likeness (QED) is 0.280. The second-order valence-corrected chi connectivity index (χ2v) is 7.17. The Bertz CT molecular complexity index is 273. The molecule has 0 aromatic heterocycles. The maximum atomic E-state index is 11.6. The molecule has 0 spiro atoms. The molecule has 0 bridgehead atoms. The molecule has 3 N–H and O–H groups in total. The highest BCUT2D eigenvalue weighted by Crippen LogP contribution is 2.13. The van der Waals surface area contributed by atoms with E-state index >= 15 is 0 Å². The summed E-state index contributed by atoms with van der Waals surface area (Å²) in [6.45, 7) is 4.39. The van der Waals surface area contributed by atoms with E-state index in [-0.39, 0.29) is 12.5 Å². The molecule has 0 fully saturated rings. The largest absolute Gasteiger partial charge is 0.395 e. The van der Waals surface area contributed by atoms with Crippen molar-refractivity contribution in [2.24, 2.45) is 0 Å². The highest BCUT2D eigenvalue weighted by molar-refractivity contribution is 5.75. The SMILES string of the molecule is CCCCCCCCCCCCCCCCC(=O)NCCNCCO. The van der Waals surface area contributed by atoms with Crippen LogP contribution in [0.15, 0.2) is 0 Å². The number of rotatable bonds is 20. The molecule has 0 atom stereocenters. The van der Waals surface area contributed by atoms with E-state index < -0.39 is 0 Å². The maximum absolute atomic E-state index is 11.6. The number of amides is 1. The molecule has 4 heteroatoms. The van der Waals surface area contributed by atoms with Crippen molar-refractivity contribution in [1.82, 2.24) is 10.6 Å². The predicted molar refractivity (Wildman–Crippen MR) is 108 cm³/mol. The van der Waals surface area contributed by atoms with Crippen LogP contribution in [0.3, 0.4) is 0 Å². The minimum atomic E-state index is 0.146. The van der Waals surface area contributed by atoms with E-state index in [9.17, 15) is 4.79 Å². The molecule has 25 heavy (non-hydrogen) atoms. The first-order valence-corrected chi connectivity index (χ1v) is 10.9. The second kappa shape index (κ2) is 21.4. The molecule has 0 saturated carbocycles. The third-order valence-electron chi connectivity index (χ3n) is 4.67. The number of unbranched alkanes of at least 4 members (excludes halogenated alkanes) is 13. The normalized spacial score (nSPS) is 11.0. The van der Waals surface area contributed by atoms with Gasteiger partial charge in [-0.2, -0.15) is 0 Å². The molecule has 0 aliphatic rings. The van der Waals surface area contributed by atoms with Crippen molar-refractivity contribution in [3.05, 3.63) is 0 Å². The van der Waals surface area contributed by atoms with Crippen LogP contribution in [0.4, 0.5) is 0 Å². The summed E-state index contributed by atoms with van der Waals surface area (Å²) in [5, 5.41) is 14.6. The molecule has 0 aliphatic heterocycles. The average Bonchev–Trinajstić information content (AvgIpc) is 2.62. The number of hydrogen-bond acceptors (Lipinski definition) is 3. The van der Waals surface area contributed by atoms with Crippen molar-refractivity contribution in [3.63, 3.8) is 0 Å². The predicted octanol–water partition coefficient (Wildman–Crippen LogP) is 4.56. The third-order valence-corrected chi connectivity index (χ3v) is 4.67. The Balaban J connectivity index is 3.09. The molecule has 1 amide bonds. The fraction of sp³-hybridized carbons (Fsp3) is 0.952. The summed E-state index contributed by atoms with van der Waals surface area (Å²) in [7, 11) is 0. The molecule has 0 aromatic carbocycles. The number of aliphatic hydroxyl groups excluding tert-OH is 1. The average molecular weight is 357 g/mol. The molecule has 0 aromatic rings. The van der Waals surface area contributed by atoms with Crippen LogP contribution in [-0.2, 0) is 4.79 Å². The van der Waals surface area contributed by atoms with Crippen LogP contribution in [0, 0.1) is 0 Å². The number of carbonyl (C=O) groups excluding carboxylic acids is 1. The van der Waals surface area contributed by atoms with Gasteiger partial charge < -0.3 is 15.7 Å². The highest BCUT2D eigenvalue weighted by atomic mass is 16.3. The summed E-state index contributed by atoms with van der Waals surface area (Å²) < 4.78 is 0. The molecule has 150 valence electrons. The summed E-state index contributed by atoms with van der Waals surface area (Å²) >= 11 is 0. The second-order valence-electron chi connectivity index (χ2n) is 7.17. The Labute approximate surface area is 156 Å². The molecule has 0 radical (unpaired) electrons. The minimum Gasteiger partial charge on any atom is -0.395 e. The Morgan fingerprint density at radius 2 is 1.16 bits per heavy atom. The first-order chi connectivity index (χ1) is 12.3. The van der Waals surface area contributed by atoms with Crippen LogP contribution < -0.4 is 10.6 Å². The van der Waals surface area contributed by atoms with Crippen molar-refractivity contribution in [2.75, 3.05) is 26.2 Å².